The molecule has 1 fully saturated rings. The molecule has 0 bridgehead atoms. The van der Waals surface area contributed by atoms with E-state index in [2.05, 4.69) is 23.3 Å². The Morgan fingerprint density at radius 2 is 2.40 bits per heavy atom. The average Bonchev–Trinajstić information content (AvgIpc) is 2.80. The van der Waals surface area contributed by atoms with Crippen LogP contribution in [0.4, 0.5) is 0 Å². The summed E-state index contributed by atoms with van der Waals surface area (Å²) in [6.45, 7) is 2.20. The summed E-state index contributed by atoms with van der Waals surface area (Å²) in [4.78, 5) is 4.36. The van der Waals surface area contributed by atoms with Gasteiger partial charge in [0.15, 0.2) is 5.82 Å². The molecular weight excluding hydrogens is 210 g/mol. The third-order valence-corrected chi connectivity index (χ3v) is 3.49. The Morgan fingerprint density at radius 3 is 3.00 bits per heavy atom. The van der Waals surface area contributed by atoms with E-state index in [1.807, 2.05) is 0 Å². The number of hydrogen-bond donors (Lipinski definition) is 1. The van der Waals surface area contributed by atoms with Gasteiger partial charge >= 0.3 is 0 Å². The standard InChI is InChI=1S/C10H17N3OS/c1-6-5-7(6)9-12-10(14-13-9)8(11)3-4-15-2/h6-8H,3-5,11H2,1-2H3. The maximum atomic E-state index is 5.94. The zero-order valence-electron chi connectivity index (χ0n) is 9.14. The van der Waals surface area contributed by atoms with Gasteiger partial charge in [-0.3, -0.25) is 0 Å². The van der Waals surface area contributed by atoms with Crippen LogP contribution in [-0.2, 0) is 0 Å². The van der Waals surface area contributed by atoms with Crippen molar-refractivity contribution in [1.82, 2.24) is 10.1 Å². The zero-order valence-corrected chi connectivity index (χ0v) is 9.96. The van der Waals surface area contributed by atoms with Crippen molar-refractivity contribution in [1.29, 1.82) is 0 Å². The van der Waals surface area contributed by atoms with Crippen LogP contribution in [0.1, 0.15) is 43.4 Å². The summed E-state index contributed by atoms with van der Waals surface area (Å²) in [6.07, 6.45) is 4.14. The van der Waals surface area contributed by atoms with Crippen LogP contribution in [0.15, 0.2) is 4.52 Å². The van der Waals surface area contributed by atoms with Crippen LogP contribution in [0.3, 0.4) is 0 Å². The summed E-state index contributed by atoms with van der Waals surface area (Å²) in [6, 6.07) is -0.104. The Kier molecular flexibility index (Phi) is 3.31. The highest BCUT2D eigenvalue weighted by atomic mass is 32.2. The lowest BCUT2D eigenvalue weighted by molar-refractivity contribution is 0.348. The van der Waals surface area contributed by atoms with Gasteiger partial charge in [0.25, 0.3) is 0 Å². The minimum atomic E-state index is -0.104. The predicted molar refractivity (Wildman–Crippen MR) is 60.7 cm³/mol. The van der Waals surface area contributed by atoms with Crippen LogP contribution in [0, 0.1) is 5.92 Å². The molecule has 2 rings (SSSR count). The number of aromatic nitrogens is 2. The molecule has 1 aliphatic carbocycles. The minimum Gasteiger partial charge on any atom is -0.338 e. The number of thioether (sulfide) groups is 1. The van der Waals surface area contributed by atoms with Crippen LogP contribution in [0.5, 0.6) is 0 Å². The van der Waals surface area contributed by atoms with Gasteiger partial charge in [0.2, 0.25) is 5.89 Å². The Bertz CT molecular complexity index is 328. The second-order valence-corrected chi connectivity index (χ2v) is 5.18. The smallest absolute Gasteiger partial charge is 0.243 e. The maximum Gasteiger partial charge on any atom is 0.243 e. The molecule has 1 aromatic heterocycles. The van der Waals surface area contributed by atoms with Crippen molar-refractivity contribution in [2.24, 2.45) is 11.7 Å². The van der Waals surface area contributed by atoms with Crippen molar-refractivity contribution >= 4 is 11.8 Å². The Morgan fingerprint density at radius 1 is 1.67 bits per heavy atom. The van der Waals surface area contributed by atoms with Crippen LogP contribution in [0.2, 0.25) is 0 Å². The lowest BCUT2D eigenvalue weighted by atomic mass is 10.2. The topological polar surface area (TPSA) is 64.9 Å². The van der Waals surface area contributed by atoms with Crippen molar-refractivity contribution in [2.45, 2.75) is 31.7 Å². The lowest BCUT2D eigenvalue weighted by Crippen LogP contribution is -2.11. The molecule has 0 spiro atoms. The molecule has 0 radical (unpaired) electrons. The maximum absolute atomic E-state index is 5.94. The SMILES string of the molecule is CSCCC(N)c1nc(C2CC2C)no1. The average molecular weight is 227 g/mol. The Labute approximate surface area is 94.0 Å². The first kappa shape index (κ1) is 11.0. The van der Waals surface area contributed by atoms with E-state index in [9.17, 15) is 0 Å². The molecule has 3 unspecified atom stereocenters. The molecule has 15 heavy (non-hydrogen) atoms. The van der Waals surface area contributed by atoms with Gasteiger partial charge in [-0.1, -0.05) is 12.1 Å². The summed E-state index contributed by atoms with van der Waals surface area (Å²) < 4.78 is 5.18. The monoisotopic (exact) mass is 227 g/mol. The number of nitrogens with zero attached hydrogens (tertiary/aromatic N) is 2. The molecule has 0 amide bonds. The van der Waals surface area contributed by atoms with Crippen molar-refractivity contribution in [3.63, 3.8) is 0 Å². The summed E-state index contributed by atoms with van der Waals surface area (Å²) in [5, 5.41) is 3.98. The lowest BCUT2D eigenvalue weighted by Gasteiger charge is -2.03. The van der Waals surface area contributed by atoms with Crippen LogP contribution in [0.25, 0.3) is 0 Å². The Balaban J connectivity index is 1.94. The highest BCUT2D eigenvalue weighted by molar-refractivity contribution is 7.98. The van der Waals surface area contributed by atoms with Crippen molar-refractivity contribution in [2.75, 3.05) is 12.0 Å². The molecule has 1 aliphatic rings. The molecule has 0 aliphatic heterocycles. The summed E-state index contributed by atoms with van der Waals surface area (Å²) in [7, 11) is 0. The van der Waals surface area contributed by atoms with Gasteiger partial charge in [-0.2, -0.15) is 16.7 Å². The third-order valence-electron chi connectivity index (χ3n) is 2.85. The van der Waals surface area contributed by atoms with E-state index in [0.29, 0.717) is 17.7 Å². The molecule has 1 saturated carbocycles. The van der Waals surface area contributed by atoms with Gasteiger partial charge in [-0.25, -0.2) is 0 Å². The first-order valence-electron chi connectivity index (χ1n) is 5.30. The Hall–Kier alpha value is -0.550. The molecule has 84 valence electrons. The molecule has 4 nitrogen and oxygen atoms in total. The molecular formula is C10H17N3OS. The van der Waals surface area contributed by atoms with Gasteiger partial charge in [0, 0.05) is 5.92 Å². The van der Waals surface area contributed by atoms with E-state index in [4.69, 9.17) is 10.3 Å². The highest BCUT2D eigenvalue weighted by Crippen LogP contribution is 2.45. The van der Waals surface area contributed by atoms with Crippen molar-refractivity contribution < 1.29 is 4.52 Å². The van der Waals surface area contributed by atoms with E-state index < -0.39 is 0 Å². The fraction of sp³-hybridized carbons (Fsp3) is 0.800. The van der Waals surface area contributed by atoms with Gasteiger partial charge < -0.3 is 10.3 Å². The van der Waals surface area contributed by atoms with E-state index in [-0.39, 0.29) is 6.04 Å². The van der Waals surface area contributed by atoms with E-state index in [1.165, 1.54) is 6.42 Å². The largest absolute Gasteiger partial charge is 0.338 e. The summed E-state index contributed by atoms with van der Waals surface area (Å²) in [5.41, 5.74) is 5.94. The fourth-order valence-corrected chi connectivity index (χ4v) is 2.09. The molecule has 5 heteroatoms. The van der Waals surface area contributed by atoms with Gasteiger partial charge in [-0.05, 0) is 30.8 Å². The normalized spacial score (nSPS) is 26.6. The molecule has 2 N–H and O–H groups in total. The van der Waals surface area contributed by atoms with Gasteiger partial charge in [0.1, 0.15) is 0 Å². The minimum absolute atomic E-state index is 0.104. The van der Waals surface area contributed by atoms with Crippen molar-refractivity contribution in [3.8, 4) is 0 Å². The van der Waals surface area contributed by atoms with E-state index in [1.54, 1.807) is 11.8 Å². The first-order chi connectivity index (χ1) is 7.22. The fourth-order valence-electron chi connectivity index (χ4n) is 1.60. The van der Waals surface area contributed by atoms with Crippen LogP contribution >= 0.6 is 11.8 Å². The molecule has 0 aromatic carbocycles. The molecule has 0 saturated heterocycles. The molecule has 1 heterocycles. The second-order valence-electron chi connectivity index (χ2n) is 4.20. The second kappa shape index (κ2) is 4.53. The number of hydrogen-bond acceptors (Lipinski definition) is 5. The molecule has 1 aromatic rings. The van der Waals surface area contributed by atoms with Crippen LogP contribution in [-0.4, -0.2) is 22.1 Å². The third kappa shape index (κ3) is 2.52. The molecule has 3 atom stereocenters. The van der Waals surface area contributed by atoms with Gasteiger partial charge in [-0.15, -0.1) is 0 Å². The summed E-state index contributed by atoms with van der Waals surface area (Å²) in [5.74, 6) is 3.68. The number of nitrogens with two attached hydrogens (primary N) is 1. The van der Waals surface area contributed by atoms with E-state index in [0.717, 1.165) is 18.0 Å². The predicted octanol–water partition coefficient (Wildman–Crippen LogP) is 1.95. The van der Waals surface area contributed by atoms with Crippen LogP contribution < -0.4 is 5.73 Å². The summed E-state index contributed by atoms with van der Waals surface area (Å²) >= 11 is 1.78. The van der Waals surface area contributed by atoms with Crippen molar-refractivity contribution in [3.05, 3.63) is 11.7 Å². The zero-order chi connectivity index (χ0) is 10.8. The first-order valence-corrected chi connectivity index (χ1v) is 6.69. The van der Waals surface area contributed by atoms with Gasteiger partial charge in [0.05, 0.1) is 6.04 Å². The van der Waals surface area contributed by atoms with E-state index >= 15 is 0 Å². The highest BCUT2D eigenvalue weighted by Gasteiger charge is 2.38. The quantitative estimate of drug-likeness (QED) is 0.832. The number of rotatable bonds is 5.